The molecule has 1 atom stereocenters. The fraction of sp³-hybridized carbons (Fsp3) is 0.900. The summed E-state index contributed by atoms with van der Waals surface area (Å²) in [4.78, 5) is 15.2. The van der Waals surface area contributed by atoms with Crippen molar-refractivity contribution in [2.24, 2.45) is 0 Å². The van der Waals surface area contributed by atoms with Crippen molar-refractivity contribution < 1.29 is 9.90 Å². The fourth-order valence-corrected chi connectivity index (χ4v) is 1.53. The molecule has 1 amide bonds. The molecule has 0 aromatic heterocycles. The molecule has 0 saturated carbocycles. The summed E-state index contributed by atoms with van der Waals surface area (Å²) in [5, 5.41) is 8.89. The van der Waals surface area contributed by atoms with Gasteiger partial charge in [0.25, 0.3) is 0 Å². The highest BCUT2D eigenvalue weighted by atomic mass is 16.3. The van der Waals surface area contributed by atoms with Gasteiger partial charge in [-0.2, -0.15) is 0 Å². The second-order valence-corrected chi connectivity index (χ2v) is 3.96. The number of carbonyl (C=O) groups is 1. The van der Waals surface area contributed by atoms with Crippen molar-refractivity contribution in [3.63, 3.8) is 0 Å². The number of likely N-dealkylation sites (N-methyl/N-ethyl adjacent to an activating group) is 1. The normalized spacial score (nSPS) is 13.4. The Balaban J connectivity index is 4.42. The molecular formula is C10H22N2O2. The van der Waals surface area contributed by atoms with Crippen molar-refractivity contribution in [3.05, 3.63) is 0 Å². The van der Waals surface area contributed by atoms with Crippen molar-refractivity contribution in [2.45, 2.75) is 32.9 Å². The minimum atomic E-state index is -0.169. The average molecular weight is 202 g/mol. The van der Waals surface area contributed by atoms with Gasteiger partial charge < -0.3 is 10.0 Å². The van der Waals surface area contributed by atoms with Gasteiger partial charge in [-0.25, -0.2) is 0 Å². The number of carbonyl (C=O) groups excluding carboxylic acids is 1. The van der Waals surface area contributed by atoms with Gasteiger partial charge >= 0.3 is 0 Å². The zero-order valence-electron chi connectivity index (χ0n) is 9.82. The summed E-state index contributed by atoms with van der Waals surface area (Å²) in [6, 6.07) is 0.0956. The van der Waals surface area contributed by atoms with Crippen LogP contribution in [0.25, 0.3) is 0 Å². The molecule has 14 heavy (non-hydrogen) atoms. The van der Waals surface area contributed by atoms with Crippen LogP contribution < -0.4 is 0 Å². The Morgan fingerprint density at radius 3 is 2.07 bits per heavy atom. The van der Waals surface area contributed by atoms with Crippen molar-refractivity contribution in [1.82, 2.24) is 9.80 Å². The van der Waals surface area contributed by atoms with E-state index in [2.05, 4.69) is 0 Å². The zero-order valence-corrected chi connectivity index (χ0v) is 9.82. The first kappa shape index (κ1) is 13.4. The molecule has 1 N–H and O–H groups in total. The first-order chi connectivity index (χ1) is 6.41. The lowest BCUT2D eigenvalue weighted by atomic mass is 10.2. The summed E-state index contributed by atoms with van der Waals surface area (Å²) in [6.45, 7) is 6.55. The van der Waals surface area contributed by atoms with Crippen molar-refractivity contribution >= 4 is 5.91 Å². The number of nitrogens with zero attached hydrogens (tertiary/aromatic N) is 2. The summed E-state index contributed by atoms with van der Waals surface area (Å²) in [7, 11) is 3.49. The third-order valence-electron chi connectivity index (χ3n) is 2.32. The van der Waals surface area contributed by atoms with E-state index in [1.807, 2.05) is 25.7 Å². The van der Waals surface area contributed by atoms with Crippen LogP contribution in [0.3, 0.4) is 0 Å². The van der Waals surface area contributed by atoms with Crippen LogP contribution in [-0.2, 0) is 4.79 Å². The third kappa shape index (κ3) is 3.64. The second kappa shape index (κ2) is 5.98. The van der Waals surface area contributed by atoms with E-state index in [-0.39, 0.29) is 24.6 Å². The molecule has 84 valence electrons. The maximum atomic E-state index is 11.7. The van der Waals surface area contributed by atoms with Crippen LogP contribution in [0.1, 0.15) is 20.8 Å². The average Bonchev–Trinajstić information content (AvgIpc) is 2.11. The minimum absolute atomic E-state index is 0.0761. The Hall–Kier alpha value is -0.610. The highest BCUT2D eigenvalue weighted by Crippen LogP contribution is 2.06. The van der Waals surface area contributed by atoms with Crippen LogP contribution in [-0.4, -0.2) is 60.1 Å². The Morgan fingerprint density at radius 1 is 1.29 bits per heavy atom. The summed E-state index contributed by atoms with van der Waals surface area (Å²) < 4.78 is 0. The molecule has 4 nitrogen and oxygen atoms in total. The number of aliphatic hydroxyl groups excluding tert-OH is 1. The molecular weight excluding hydrogens is 180 g/mol. The Morgan fingerprint density at radius 2 is 1.79 bits per heavy atom. The Kier molecular flexibility index (Phi) is 5.72. The third-order valence-corrected chi connectivity index (χ3v) is 2.32. The molecule has 0 saturated heterocycles. The standard InChI is InChI=1S/C10H22N2O2/c1-8(2)12(6-7-13)9(3)10(14)11(4)5/h8-9,13H,6-7H2,1-5H3. The molecule has 0 aromatic rings. The lowest BCUT2D eigenvalue weighted by Gasteiger charge is -2.32. The van der Waals surface area contributed by atoms with Crippen LogP contribution in [0, 0.1) is 0 Å². The predicted octanol–water partition coefficient (Wildman–Crippen LogP) is 0.166. The van der Waals surface area contributed by atoms with Gasteiger partial charge in [0.2, 0.25) is 5.91 Å². The maximum absolute atomic E-state index is 11.7. The van der Waals surface area contributed by atoms with E-state index in [0.717, 1.165) is 0 Å². The molecule has 0 bridgehead atoms. The fourth-order valence-electron chi connectivity index (χ4n) is 1.53. The van der Waals surface area contributed by atoms with Crippen LogP contribution >= 0.6 is 0 Å². The molecule has 0 heterocycles. The van der Waals surface area contributed by atoms with Crippen LogP contribution in [0.5, 0.6) is 0 Å². The van der Waals surface area contributed by atoms with E-state index >= 15 is 0 Å². The number of hydrogen-bond donors (Lipinski definition) is 1. The van der Waals surface area contributed by atoms with Gasteiger partial charge in [-0.3, -0.25) is 9.69 Å². The lowest BCUT2D eigenvalue weighted by Crippen LogP contribution is -2.48. The highest BCUT2D eigenvalue weighted by Gasteiger charge is 2.23. The van der Waals surface area contributed by atoms with E-state index in [9.17, 15) is 4.79 Å². The molecule has 0 aliphatic carbocycles. The first-order valence-corrected chi connectivity index (χ1v) is 4.99. The first-order valence-electron chi connectivity index (χ1n) is 4.99. The monoisotopic (exact) mass is 202 g/mol. The van der Waals surface area contributed by atoms with Gasteiger partial charge in [-0.05, 0) is 20.8 Å². The lowest BCUT2D eigenvalue weighted by molar-refractivity contribution is -0.134. The summed E-state index contributed by atoms with van der Waals surface area (Å²) in [5.41, 5.74) is 0. The van der Waals surface area contributed by atoms with E-state index < -0.39 is 0 Å². The molecule has 0 spiro atoms. The van der Waals surface area contributed by atoms with E-state index in [1.54, 1.807) is 19.0 Å². The van der Waals surface area contributed by atoms with Crippen molar-refractivity contribution in [2.75, 3.05) is 27.2 Å². The van der Waals surface area contributed by atoms with Crippen LogP contribution in [0.4, 0.5) is 0 Å². The molecule has 1 unspecified atom stereocenters. The SMILES string of the molecule is CC(C)N(CCO)C(C)C(=O)N(C)C. The Bertz CT molecular complexity index is 181. The van der Waals surface area contributed by atoms with Crippen LogP contribution in [0.15, 0.2) is 0 Å². The van der Waals surface area contributed by atoms with Gasteiger partial charge in [0.1, 0.15) is 0 Å². The number of rotatable bonds is 5. The smallest absolute Gasteiger partial charge is 0.239 e. The van der Waals surface area contributed by atoms with Gasteiger partial charge in [-0.1, -0.05) is 0 Å². The van der Waals surface area contributed by atoms with E-state index in [0.29, 0.717) is 6.54 Å². The Labute approximate surface area is 86.5 Å². The molecule has 0 radical (unpaired) electrons. The summed E-state index contributed by atoms with van der Waals surface area (Å²) >= 11 is 0. The summed E-state index contributed by atoms with van der Waals surface area (Å²) in [6.07, 6.45) is 0. The molecule has 0 aliphatic heterocycles. The largest absolute Gasteiger partial charge is 0.395 e. The van der Waals surface area contributed by atoms with Gasteiger partial charge in [-0.15, -0.1) is 0 Å². The van der Waals surface area contributed by atoms with E-state index in [1.165, 1.54) is 0 Å². The highest BCUT2D eigenvalue weighted by molar-refractivity contribution is 5.80. The van der Waals surface area contributed by atoms with E-state index in [4.69, 9.17) is 5.11 Å². The molecule has 4 heteroatoms. The quantitative estimate of drug-likeness (QED) is 0.691. The van der Waals surface area contributed by atoms with Gasteiger partial charge in [0.05, 0.1) is 12.6 Å². The van der Waals surface area contributed by atoms with Gasteiger partial charge in [0, 0.05) is 26.7 Å². The van der Waals surface area contributed by atoms with Crippen molar-refractivity contribution in [1.29, 1.82) is 0 Å². The molecule has 0 aliphatic rings. The van der Waals surface area contributed by atoms with Crippen molar-refractivity contribution in [3.8, 4) is 0 Å². The number of amides is 1. The summed E-state index contributed by atoms with van der Waals surface area (Å²) in [5.74, 6) is 0.0761. The number of aliphatic hydroxyl groups is 1. The zero-order chi connectivity index (χ0) is 11.3. The minimum Gasteiger partial charge on any atom is -0.395 e. The molecule has 0 aromatic carbocycles. The van der Waals surface area contributed by atoms with Gasteiger partial charge in [0.15, 0.2) is 0 Å². The predicted molar refractivity (Wildman–Crippen MR) is 57.1 cm³/mol. The molecule has 0 fully saturated rings. The topological polar surface area (TPSA) is 43.8 Å². The maximum Gasteiger partial charge on any atom is 0.239 e. The van der Waals surface area contributed by atoms with Crippen LogP contribution in [0.2, 0.25) is 0 Å². The number of hydrogen-bond acceptors (Lipinski definition) is 3. The molecule has 0 rings (SSSR count). The second-order valence-electron chi connectivity index (χ2n) is 3.96.